The van der Waals surface area contributed by atoms with Crippen LogP contribution in [0.4, 0.5) is 8.78 Å². The molecule has 120 valence electrons. The monoisotopic (exact) mass is 346 g/mol. The first-order chi connectivity index (χ1) is 11.5. The van der Waals surface area contributed by atoms with Gasteiger partial charge in [-0.05, 0) is 24.3 Å². The van der Waals surface area contributed by atoms with Gasteiger partial charge < -0.3 is 9.14 Å². The highest BCUT2D eigenvalue weighted by molar-refractivity contribution is 6.33. The highest BCUT2D eigenvalue weighted by Gasteiger charge is 2.18. The Morgan fingerprint density at radius 1 is 1.29 bits per heavy atom. The molecule has 3 aromatic rings. The summed E-state index contributed by atoms with van der Waals surface area (Å²) in [6, 6.07) is 8.79. The van der Waals surface area contributed by atoms with E-state index in [1.165, 1.54) is 0 Å². The molecular formula is C17H9ClF2N2O2. The Balaban J connectivity index is 1.85. The molecule has 0 bridgehead atoms. The van der Waals surface area contributed by atoms with Gasteiger partial charge in [-0.25, -0.2) is 13.6 Å². The van der Waals surface area contributed by atoms with Crippen molar-refractivity contribution >= 4 is 23.1 Å². The van der Waals surface area contributed by atoms with Gasteiger partial charge in [0.05, 0.1) is 21.7 Å². The zero-order chi connectivity index (χ0) is 17.3. The van der Waals surface area contributed by atoms with Crippen LogP contribution in [-0.4, -0.2) is 10.4 Å². The SMILES string of the molecule is N#Cc1c(COC(=O)c2cc(F)c(F)cc2Cl)cn2ccccc12. The minimum absolute atomic E-state index is 0.196. The fourth-order valence-corrected chi connectivity index (χ4v) is 2.54. The van der Waals surface area contributed by atoms with E-state index in [-0.39, 0.29) is 17.2 Å². The molecule has 0 N–H and O–H groups in total. The Kier molecular flexibility index (Phi) is 4.19. The van der Waals surface area contributed by atoms with Crippen molar-refractivity contribution in [1.82, 2.24) is 4.40 Å². The number of hydrogen-bond acceptors (Lipinski definition) is 3. The lowest BCUT2D eigenvalue weighted by atomic mass is 10.2. The van der Waals surface area contributed by atoms with E-state index in [4.69, 9.17) is 16.3 Å². The molecule has 0 amide bonds. The maximum Gasteiger partial charge on any atom is 0.340 e. The molecule has 7 heteroatoms. The molecule has 4 nitrogen and oxygen atoms in total. The second-order valence-corrected chi connectivity index (χ2v) is 5.36. The first kappa shape index (κ1) is 16.0. The zero-order valence-corrected chi connectivity index (χ0v) is 12.8. The predicted molar refractivity (Wildman–Crippen MR) is 82.6 cm³/mol. The normalized spacial score (nSPS) is 10.6. The minimum Gasteiger partial charge on any atom is -0.457 e. The number of ether oxygens (including phenoxy) is 1. The Labute approximate surface area is 140 Å². The van der Waals surface area contributed by atoms with Gasteiger partial charge in [-0.15, -0.1) is 0 Å². The average Bonchev–Trinajstić information content (AvgIpc) is 2.93. The maximum atomic E-state index is 13.3. The number of benzene rings is 1. The standard InChI is InChI=1S/C17H9ClF2N2O2/c18-13-6-15(20)14(19)5-11(13)17(23)24-9-10-8-22-4-2-1-3-16(22)12(10)7-21/h1-6,8H,9H2. The molecule has 0 unspecified atom stereocenters. The van der Waals surface area contributed by atoms with Gasteiger partial charge in [0.25, 0.3) is 0 Å². The number of pyridine rings is 1. The van der Waals surface area contributed by atoms with Crippen molar-refractivity contribution < 1.29 is 18.3 Å². The van der Waals surface area contributed by atoms with Crippen LogP contribution in [0.5, 0.6) is 0 Å². The predicted octanol–water partition coefficient (Wildman–Crippen LogP) is 4.10. The molecule has 24 heavy (non-hydrogen) atoms. The number of nitriles is 1. The van der Waals surface area contributed by atoms with Crippen molar-refractivity contribution in [2.75, 3.05) is 0 Å². The third kappa shape index (κ3) is 2.82. The van der Waals surface area contributed by atoms with Crippen LogP contribution in [-0.2, 0) is 11.3 Å². The van der Waals surface area contributed by atoms with Crippen molar-refractivity contribution in [3.8, 4) is 6.07 Å². The molecule has 0 radical (unpaired) electrons. The largest absolute Gasteiger partial charge is 0.457 e. The lowest BCUT2D eigenvalue weighted by Crippen LogP contribution is -2.07. The summed E-state index contributed by atoms with van der Waals surface area (Å²) >= 11 is 5.74. The quantitative estimate of drug-likeness (QED) is 0.530. The summed E-state index contributed by atoms with van der Waals surface area (Å²) in [5, 5.41) is 9.03. The van der Waals surface area contributed by atoms with Crippen LogP contribution >= 0.6 is 11.6 Å². The summed E-state index contributed by atoms with van der Waals surface area (Å²) < 4.78 is 33.1. The Bertz CT molecular complexity index is 992. The molecule has 0 atom stereocenters. The number of carbonyl (C=O) groups is 1. The topological polar surface area (TPSA) is 54.5 Å². The van der Waals surface area contributed by atoms with E-state index in [2.05, 4.69) is 6.07 Å². The number of carbonyl (C=O) groups excluding carboxylic acids is 1. The highest BCUT2D eigenvalue weighted by atomic mass is 35.5. The first-order valence-corrected chi connectivity index (χ1v) is 7.19. The van der Waals surface area contributed by atoms with E-state index in [0.717, 1.165) is 0 Å². The number of aromatic nitrogens is 1. The average molecular weight is 347 g/mol. The fourth-order valence-electron chi connectivity index (χ4n) is 2.32. The van der Waals surface area contributed by atoms with Crippen molar-refractivity contribution in [3.05, 3.63) is 76.1 Å². The summed E-state index contributed by atoms with van der Waals surface area (Å²) in [5.41, 5.74) is 1.27. The van der Waals surface area contributed by atoms with Crippen LogP contribution in [0.15, 0.2) is 42.7 Å². The van der Waals surface area contributed by atoms with E-state index in [1.807, 2.05) is 0 Å². The van der Waals surface area contributed by atoms with E-state index in [9.17, 15) is 18.8 Å². The molecule has 0 saturated heterocycles. The number of halogens is 3. The van der Waals surface area contributed by atoms with Crippen LogP contribution in [0.2, 0.25) is 5.02 Å². The number of hydrogen-bond donors (Lipinski definition) is 0. The lowest BCUT2D eigenvalue weighted by Gasteiger charge is -2.06. The summed E-state index contributed by atoms with van der Waals surface area (Å²) in [7, 11) is 0. The van der Waals surface area contributed by atoms with Gasteiger partial charge in [-0.3, -0.25) is 0 Å². The maximum absolute atomic E-state index is 13.3. The molecule has 2 heterocycles. The van der Waals surface area contributed by atoms with Gasteiger partial charge in [0.2, 0.25) is 0 Å². The third-order valence-electron chi connectivity index (χ3n) is 3.46. The molecule has 0 fully saturated rings. The Morgan fingerprint density at radius 2 is 2.04 bits per heavy atom. The summed E-state index contributed by atoms with van der Waals surface area (Å²) in [5.74, 6) is -3.25. The molecule has 0 aliphatic heterocycles. The number of fused-ring (bicyclic) bond motifs is 1. The van der Waals surface area contributed by atoms with Crippen molar-refractivity contribution in [2.24, 2.45) is 0 Å². The van der Waals surface area contributed by atoms with E-state index in [0.29, 0.717) is 28.8 Å². The number of esters is 1. The summed E-state index contributed by atoms with van der Waals surface area (Å²) in [6.07, 6.45) is 3.42. The van der Waals surface area contributed by atoms with Gasteiger partial charge in [0, 0.05) is 18.0 Å². The first-order valence-electron chi connectivity index (χ1n) is 6.81. The van der Waals surface area contributed by atoms with Gasteiger partial charge in [-0.2, -0.15) is 5.26 Å². The number of nitrogens with zero attached hydrogens (tertiary/aromatic N) is 2. The van der Waals surface area contributed by atoms with Crippen LogP contribution in [0, 0.1) is 23.0 Å². The van der Waals surface area contributed by atoms with E-state index < -0.39 is 17.6 Å². The van der Waals surface area contributed by atoms with Gasteiger partial charge >= 0.3 is 5.97 Å². The summed E-state index contributed by atoms with van der Waals surface area (Å²) in [4.78, 5) is 12.0. The van der Waals surface area contributed by atoms with Crippen molar-refractivity contribution in [3.63, 3.8) is 0 Å². The Morgan fingerprint density at radius 3 is 2.79 bits per heavy atom. The smallest absolute Gasteiger partial charge is 0.340 e. The zero-order valence-electron chi connectivity index (χ0n) is 12.1. The highest BCUT2D eigenvalue weighted by Crippen LogP contribution is 2.23. The molecule has 2 aromatic heterocycles. The molecule has 0 spiro atoms. The molecule has 3 rings (SSSR count). The van der Waals surface area contributed by atoms with Crippen molar-refractivity contribution in [2.45, 2.75) is 6.61 Å². The summed E-state index contributed by atoms with van der Waals surface area (Å²) in [6.45, 7) is -0.196. The molecule has 0 saturated carbocycles. The van der Waals surface area contributed by atoms with Gasteiger partial charge in [0.15, 0.2) is 11.6 Å². The molecule has 0 aliphatic rings. The van der Waals surface area contributed by atoms with E-state index >= 15 is 0 Å². The second kappa shape index (κ2) is 6.30. The van der Waals surface area contributed by atoms with E-state index in [1.54, 1.807) is 35.0 Å². The minimum atomic E-state index is -1.20. The second-order valence-electron chi connectivity index (χ2n) is 4.96. The van der Waals surface area contributed by atoms with Gasteiger partial charge in [-0.1, -0.05) is 17.7 Å². The van der Waals surface area contributed by atoms with Crippen LogP contribution in [0.3, 0.4) is 0 Å². The fraction of sp³-hybridized carbons (Fsp3) is 0.0588. The van der Waals surface area contributed by atoms with Crippen molar-refractivity contribution in [1.29, 1.82) is 5.26 Å². The molecule has 1 aromatic carbocycles. The third-order valence-corrected chi connectivity index (χ3v) is 3.78. The number of rotatable bonds is 3. The van der Waals surface area contributed by atoms with Gasteiger partial charge in [0.1, 0.15) is 12.7 Å². The molecular weight excluding hydrogens is 338 g/mol. The lowest BCUT2D eigenvalue weighted by molar-refractivity contribution is 0.0472. The van der Waals surface area contributed by atoms with Crippen LogP contribution in [0.1, 0.15) is 21.5 Å². The van der Waals surface area contributed by atoms with Crippen LogP contribution in [0.25, 0.3) is 5.52 Å². The van der Waals surface area contributed by atoms with Crippen LogP contribution < -0.4 is 0 Å². The Hall–Kier alpha value is -2.91. The molecule has 0 aliphatic carbocycles.